The van der Waals surface area contributed by atoms with E-state index < -0.39 is 89.3 Å². The van der Waals surface area contributed by atoms with Gasteiger partial charge in [-0.05, 0) is 0 Å². The van der Waals surface area contributed by atoms with E-state index in [1.54, 1.807) is 65.8 Å². The Labute approximate surface area is 266 Å². The Balaban J connectivity index is 1.78. The molecule has 45 heavy (non-hydrogen) atoms. The molecule has 2 fully saturated rings. The van der Waals surface area contributed by atoms with Crippen molar-refractivity contribution in [1.82, 2.24) is 0 Å². The van der Waals surface area contributed by atoms with Gasteiger partial charge < -0.3 is 0 Å². The molecule has 0 aromatic heterocycles. The fraction of sp³-hybridized carbons (Fsp3) is 0.613. The second-order valence-electron chi connectivity index (χ2n) is 13.9. The SMILES string of the molecule is CC(C)(C)c1ccccc1I(OS(=O)(=O)C(F)(F)C(F)(F)OC(F)(F)C(F)(F)C12CCC(CC1)C2)c1ccccc1C(C)(C)C. The van der Waals surface area contributed by atoms with Crippen molar-refractivity contribution in [1.29, 1.82) is 0 Å². The van der Waals surface area contributed by atoms with Crippen molar-refractivity contribution in [3.63, 3.8) is 0 Å². The topological polar surface area (TPSA) is 52.6 Å². The molecule has 2 saturated carbocycles. The summed E-state index contributed by atoms with van der Waals surface area (Å²) in [6.07, 6.45) is -13.7. The minimum atomic E-state index is -6.80. The summed E-state index contributed by atoms with van der Waals surface area (Å²) < 4.78 is 156. The first-order valence-electron chi connectivity index (χ1n) is 14.3. The fourth-order valence-electron chi connectivity index (χ4n) is 6.11. The van der Waals surface area contributed by atoms with Crippen LogP contribution in [0.2, 0.25) is 0 Å². The molecule has 254 valence electrons. The number of halogens is 9. The Bertz CT molecular complexity index is 1450. The van der Waals surface area contributed by atoms with E-state index in [2.05, 4.69) is 4.74 Å². The van der Waals surface area contributed by atoms with Crippen molar-refractivity contribution in [3.8, 4) is 0 Å². The minimum absolute atomic E-state index is 0.152. The van der Waals surface area contributed by atoms with Gasteiger partial charge >= 0.3 is 267 Å². The van der Waals surface area contributed by atoms with Gasteiger partial charge in [-0.2, -0.15) is 0 Å². The van der Waals surface area contributed by atoms with Gasteiger partial charge in [0.15, 0.2) is 0 Å². The molecule has 2 aromatic carbocycles. The summed E-state index contributed by atoms with van der Waals surface area (Å²) in [5.41, 5.74) is -2.85. The predicted octanol–water partition coefficient (Wildman–Crippen LogP) is 10.1. The van der Waals surface area contributed by atoms with E-state index >= 15 is 26.3 Å². The standard InChI is InChI=1S/C31H37F8IO4S/c1-25(2,3)21-11-7-9-13-23(21)40(24-14-10-8-12-22(24)26(4,5)6)44-45(41,42)31(38,39)30(36,37)43-29(34,35)28(32,33)27-17-15-20(19-27)16-18-27/h7-14,20H,15-19H2,1-6H3. The Kier molecular flexibility index (Phi) is 9.34. The third kappa shape index (κ3) is 6.38. The van der Waals surface area contributed by atoms with Crippen LogP contribution in [-0.4, -0.2) is 31.8 Å². The quantitative estimate of drug-likeness (QED) is 0.178. The Morgan fingerprint density at radius 2 is 1.13 bits per heavy atom. The van der Waals surface area contributed by atoms with E-state index in [1.807, 2.05) is 0 Å². The summed E-state index contributed by atoms with van der Waals surface area (Å²) in [7, 11) is -6.80. The summed E-state index contributed by atoms with van der Waals surface area (Å²) in [6, 6.07) is 12.4. The predicted molar refractivity (Wildman–Crippen MR) is 162 cm³/mol. The van der Waals surface area contributed by atoms with Crippen LogP contribution in [0.3, 0.4) is 0 Å². The molecule has 2 aromatic rings. The van der Waals surface area contributed by atoms with E-state index in [0.29, 0.717) is 11.1 Å². The van der Waals surface area contributed by atoms with E-state index in [4.69, 9.17) is 2.51 Å². The van der Waals surface area contributed by atoms with E-state index in [0.717, 1.165) is 0 Å². The van der Waals surface area contributed by atoms with Crippen LogP contribution >= 0.6 is 20.2 Å². The molecule has 0 heterocycles. The molecule has 0 amide bonds. The molecule has 2 aliphatic rings. The summed E-state index contributed by atoms with van der Waals surface area (Å²) in [4.78, 5) is 0. The van der Waals surface area contributed by atoms with Crippen LogP contribution in [0.4, 0.5) is 35.1 Å². The summed E-state index contributed by atoms with van der Waals surface area (Å²) in [6.45, 7) is 10.6. The van der Waals surface area contributed by atoms with Gasteiger partial charge in [0.1, 0.15) is 0 Å². The molecule has 4 rings (SSSR count). The van der Waals surface area contributed by atoms with E-state index in [9.17, 15) is 17.2 Å². The van der Waals surface area contributed by atoms with Crippen LogP contribution < -0.4 is 0 Å². The first-order valence-corrected chi connectivity index (χ1v) is 18.8. The monoisotopic (exact) mass is 784 g/mol. The molecule has 14 heteroatoms. The van der Waals surface area contributed by atoms with E-state index in [-0.39, 0.29) is 25.9 Å². The summed E-state index contributed by atoms with van der Waals surface area (Å²) in [5.74, 6) is -5.60. The Morgan fingerprint density at radius 3 is 1.51 bits per heavy atom. The number of rotatable bonds is 10. The number of ether oxygens (including phenoxy) is 1. The van der Waals surface area contributed by atoms with Gasteiger partial charge in [-0.15, -0.1) is 0 Å². The number of hydrogen-bond donors (Lipinski definition) is 0. The Morgan fingerprint density at radius 1 is 0.711 bits per heavy atom. The molecule has 0 saturated heterocycles. The molecule has 2 aliphatic carbocycles. The van der Waals surface area contributed by atoms with Crippen molar-refractivity contribution in [2.75, 3.05) is 0 Å². The zero-order valence-electron chi connectivity index (χ0n) is 25.7. The van der Waals surface area contributed by atoms with Crippen LogP contribution in [0, 0.1) is 18.5 Å². The second kappa shape index (κ2) is 11.6. The zero-order valence-corrected chi connectivity index (χ0v) is 28.6. The molecule has 0 radical (unpaired) electrons. The van der Waals surface area contributed by atoms with Crippen LogP contribution in [0.25, 0.3) is 0 Å². The molecule has 0 atom stereocenters. The fourth-order valence-corrected chi connectivity index (χ4v) is 14.8. The first-order chi connectivity index (χ1) is 20.3. The van der Waals surface area contributed by atoms with Crippen molar-refractivity contribution < 1.29 is 50.8 Å². The van der Waals surface area contributed by atoms with Gasteiger partial charge in [-0.1, -0.05) is 0 Å². The maximum absolute atomic E-state index is 15.4. The third-order valence-electron chi connectivity index (χ3n) is 8.56. The van der Waals surface area contributed by atoms with Crippen LogP contribution in [-0.2, 0) is 28.2 Å². The van der Waals surface area contributed by atoms with Crippen molar-refractivity contribution >= 4 is 30.4 Å². The number of fused-ring (bicyclic) bond motifs is 2. The first kappa shape index (κ1) is 36.3. The van der Waals surface area contributed by atoms with Gasteiger partial charge in [0.25, 0.3) is 0 Å². The van der Waals surface area contributed by atoms with Crippen LogP contribution in [0.5, 0.6) is 0 Å². The molecule has 4 nitrogen and oxygen atoms in total. The number of alkyl halides is 8. The van der Waals surface area contributed by atoms with Crippen molar-refractivity contribution in [2.24, 2.45) is 11.3 Å². The van der Waals surface area contributed by atoms with Crippen molar-refractivity contribution in [3.05, 3.63) is 66.8 Å². The molecule has 0 unspecified atom stereocenters. The molecule has 0 spiro atoms. The molecule has 0 N–H and O–H groups in total. The third-order valence-corrected chi connectivity index (χ3v) is 16.2. The molecule has 2 bridgehead atoms. The normalized spacial score (nSPS) is 22.2. The maximum atomic E-state index is 15.4. The molecule has 0 aliphatic heterocycles. The summed E-state index contributed by atoms with van der Waals surface area (Å²) >= 11 is -4.19. The van der Waals surface area contributed by atoms with Gasteiger partial charge in [0.2, 0.25) is 0 Å². The Hall–Kier alpha value is -1.52. The molecular weight excluding hydrogens is 747 g/mol. The molecular formula is C31H37F8IO4S. The van der Waals surface area contributed by atoms with Gasteiger partial charge in [-0.3, -0.25) is 0 Å². The van der Waals surface area contributed by atoms with Crippen LogP contribution in [0.15, 0.2) is 48.5 Å². The second-order valence-corrected chi connectivity index (χ2v) is 20.3. The van der Waals surface area contributed by atoms with Crippen molar-refractivity contribution in [2.45, 2.75) is 108 Å². The van der Waals surface area contributed by atoms with Gasteiger partial charge in [-0.25, -0.2) is 0 Å². The zero-order chi connectivity index (χ0) is 34.1. The van der Waals surface area contributed by atoms with E-state index in [1.165, 1.54) is 24.3 Å². The van der Waals surface area contributed by atoms with Gasteiger partial charge in [0, 0.05) is 0 Å². The van der Waals surface area contributed by atoms with Gasteiger partial charge in [0.05, 0.1) is 0 Å². The number of benzene rings is 2. The summed E-state index contributed by atoms with van der Waals surface area (Å²) in [5, 5.41) is -6.48. The number of hydrogen-bond acceptors (Lipinski definition) is 4. The van der Waals surface area contributed by atoms with Crippen LogP contribution in [0.1, 0.15) is 84.8 Å². The average molecular weight is 785 g/mol. The average Bonchev–Trinajstić information content (AvgIpc) is 3.53.